The Bertz CT molecular complexity index is 314. The highest BCUT2D eigenvalue weighted by atomic mass is 19.1. The molecule has 0 spiro atoms. The monoisotopic (exact) mass is 185 g/mol. The molecule has 2 N–H and O–H groups in total. The zero-order valence-corrected chi connectivity index (χ0v) is 7.01. The molecule has 0 fully saturated rings. The Labute approximate surface area is 74.5 Å². The summed E-state index contributed by atoms with van der Waals surface area (Å²) in [6.07, 6.45) is 0.899. The van der Waals surface area contributed by atoms with Crippen LogP contribution >= 0.6 is 0 Å². The number of nitrogens with one attached hydrogen (secondary N) is 2. The van der Waals surface area contributed by atoms with E-state index in [4.69, 9.17) is 5.41 Å². The van der Waals surface area contributed by atoms with Crippen molar-refractivity contribution in [2.45, 2.75) is 0 Å². The van der Waals surface area contributed by atoms with Gasteiger partial charge in [-0.3, -0.25) is 10.4 Å². The summed E-state index contributed by atoms with van der Waals surface area (Å²) in [7, 11) is 1.54. The molecular formula is C8H9F2N3. The molecule has 0 aliphatic heterocycles. The number of nitrogens with zero attached hydrogens (tertiary/aromatic N) is 1. The first-order valence-electron chi connectivity index (χ1n) is 3.61. The van der Waals surface area contributed by atoms with Crippen LogP contribution in [0.2, 0.25) is 0 Å². The van der Waals surface area contributed by atoms with Crippen molar-refractivity contribution in [1.82, 2.24) is 5.43 Å². The van der Waals surface area contributed by atoms with Gasteiger partial charge in [-0.1, -0.05) is 0 Å². The van der Waals surface area contributed by atoms with Gasteiger partial charge < -0.3 is 0 Å². The minimum absolute atomic E-state index is 0.110. The first-order chi connectivity index (χ1) is 6.19. The lowest BCUT2D eigenvalue weighted by atomic mass is 10.3. The van der Waals surface area contributed by atoms with Gasteiger partial charge in [0, 0.05) is 13.1 Å². The molecule has 0 aliphatic carbocycles. The van der Waals surface area contributed by atoms with Crippen molar-refractivity contribution in [1.29, 1.82) is 5.41 Å². The highest BCUT2D eigenvalue weighted by Crippen LogP contribution is 2.17. The van der Waals surface area contributed by atoms with Crippen molar-refractivity contribution in [3.8, 4) is 0 Å². The van der Waals surface area contributed by atoms with Crippen LogP contribution < -0.4 is 10.4 Å². The molecule has 0 atom stereocenters. The Morgan fingerprint density at radius 2 is 2.15 bits per heavy atom. The van der Waals surface area contributed by atoms with Crippen molar-refractivity contribution in [3.63, 3.8) is 0 Å². The van der Waals surface area contributed by atoms with Gasteiger partial charge in [-0.25, -0.2) is 14.2 Å². The van der Waals surface area contributed by atoms with Gasteiger partial charge in [0.05, 0.1) is 5.69 Å². The van der Waals surface area contributed by atoms with Crippen LogP contribution in [0.15, 0.2) is 18.2 Å². The number of hydrogen-bond donors (Lipinski definition) is 2. The van der Waals surface area contributed by atoms with Crippen LogP contribution in [0.5, 0.6) is 0 Å². The minimum Gasteiger partial charge on any atom is -0.290 e. The number of anilines is 1. The van der Waals surface area contributed by atoms with Gasteiger partial charge in [-0.2, -0.15) is 0 Å². The molecule has 70 valence electrons. The highest BCUT2D eigenvalue weighted by Gasteiger charge is 2.08. The smallest absolute Gasteiger partial charge is 0.151 e. The molecule has 0 amide bonds. The molecule has 13 heavy (non-hydrogen) atoms. The van der Waals surface area contributed by atoms with E-state index in [9.17, 15) is 8.78 Å². The topological polar surface area (TPSA) is 39.1 Å². The minimum atomic E-state index is -0.710. The van der Waals surface area contributed by atoms with Gasteiger partial charge in [0.1, 0.15) is 12.2 Å². The van der Waals surface area contributed by atoms with Crippen molar-refractivity contribution in [2.24, 2.45) is 0 Å². The fourth-order valence-corrected chi connectivity index (χ4v) is 0.931. The van der Waals surface area contributed by atoms with Gasteiger partial charge in [0.2, 0.25) is 0 Å². The average Bonchev–Trinajstić information content (AvgIpc) is 2.10. The van der Waals surface area contributed by atoms with Crippen molar-refractivity contribution >= 4 is 12.0 Å². The fraction of sp³-hybridized carbons (Fsp3) is 0.125. The van der Waals surface area contributed by atoms with E-state index >= 15 is 0 Å². The third-order valence-corrected chi connectivity index (χ3v) is 1.54. The summed E-state index contributed by atoms with van der Waals surface area (Å²) >= 11 is 0. The molecule has 0 aromatic heterocycles. The molecule has 0 bridgehead atoms. The number of hydrazine groups is 1. The Morgan fingerprint density at radius 3 is 2.62 bits per heavy atom. The van der Waals surface area contributed by atoms with Crippen LogP contribution in [0.25, 0.3) is 0 Å². The first kappa shape index (κ1) is 9.60. The molecule has 0 unspecified atom stereocenters. The molecule has 1 rings (SSSR count). The summed E-state index contributed by atoms with van der Waals surface area (Å²) in [5.41, 5.74) is 2.67. The van der Waals surface area contributed by atoms with Crippen LogP contribution in [0.4, 0.5) is 14.5 Å². The molecular weight excluding hydrogens is 176 g/mol. The molecule has 5 heteroatoms. The Hall–Kier alpha value is -1.49. The largest absolute Gasteiger partial charge is 0.290 e. The van der Waals surface area contributed by atoms with E-state index in [1.54, 1.807) is 0 Å². The average molecular weight is 185 g/mol. The van der Waals surface area contributed by atoms with Crippen LogP contribution in [-0.4, -0.2) is 13.4 Å². The normalized spacial score (nSPS) is 9.77. The number of halogens is 2. The predicted molar refractivity (Wildman–Crippen MR) is 46.7 cm³/mol. The molecule has 1 aromatic carbocycles. The first-order valence-corrected chi connectivity index (χ1v) is 3.61. The number of hydrogen-bond acceptors (Lipinski definition) is 2. The zero-order valence-electron chi connectivity index (χ0n) is 7.01. The van der Waals surface area contributed by atoms with Crippen LogP contribution in [-0.2, 0) is 0 Å². The van der Waals surface area contributed by atoms with Crippen molar-refractivity contribution in [3.05, 3.63) is 29.8 Å². The summed E-state index contributed by atoms with van der Waals surface area (Å²) in [5, 5.41) is 8.06. The zero-order chi connectivity index (χ0) is 9.84. The summed E-state index contributed by atoms with van der Waals surface area (Å²) in [6, 6.07) is 3.15. The Kier molecular flexibility index (Phi) is 2.92. The number of benzene rings is 1. The highest BCUT2D eigenvalue weighted by molar-refractivity contribution is 5.75. The fourth-order valence-electron chi connectivity index (χ4n) is 0.931. The predicted octanol–water partition coefficient (Wildman–Crippen LogP) is 1.51. The van der Waals surface area contributed by atoms with E-state index in [2.05, 4.69) is 5.43 Å². The summed E-state index contributed by atoms with van der Waals surface area (Å²) in [4.78, 5) is 0. The summed E-state index contributed by atoms with van der Waals surface area (Å²) < 4.78 is 25.5. The molecule has 1 aromatic rings. The van der Waals surface area contributed by atoms with Crippen LogP contribution in [0.1, 0.15) is 0 Å². The third kappa shape index (κ3) is 2.00. The lowest BCUT2D eigenvalue weighted by Crippen LogP contribution is -2.33. The quantitative estimate of drug-likeness (QED) is 0.425. The van der Waals surface area contributed by atoms with Crippen molar-refractivity contribution < 1.29 is 8.78 Å². The van der Waals surface area contributed by atoms with Crippen LogP contribution in [0, 0.1) is 17.0 Å². The molecule has 0 radical (unpaired) electrons. The van der Waals surface area contributed by atoms with E-state index in [1.807, 2.05) is 0 Å². The second-order valence-corrected chi connectivity index (χ2v) is 2.32. The van der Waals surface area contributed by atoms with E-state index in [-0.39, 0.29) is 5.69 Å². The van der Waals surface area contributed by atoms with E-state index in [0.29, 0.717) is 0 Å². The van der Waals surface area contributed by atoms with Gasteiger partial charge in [0.15, 0.2) is 5.82 Å². The second-order valence-electron chi connectivity index (χ2n) is 2.32. The molecule has 0 saturated carbocycles. The maximum absolute atomic E-state index is 13.0. The third-order valence-electron chi connectivity index (χ3n) is 1.54. The van der Waals surface area contributed by atoms with Gasteiger partial charge in [0.25, 0.3) is 0 Å². The van der Waals surface area contributed by atoms with E-state index in [0.717, 1.165) is 23.5 Å². The molecule has 0 saturated heterocycles. The van der Waals surface area contributed by atoms with Gasteiger partial charge in [-0.05, 0) is 12.1 Å². The van der Waals surface area contributed by atoms with Crippen molar-refractivity contribution in [2.75, 3.05) is 12.1 Å². The lowest BCUT2D eigenvalue weighted by molar-refractivity contribution is 0.580. The van der Waals surface area contributed by atoms with Gasteiger partial charge >= 0.3 is 0 Å². The summed E-state index contributed by atoms with van der Waals surface area (Å²) in [6.45, 7) is 0. The van der Waals surface area contributed by atoms with Gasteiger partial charge in [-0.15, -0.1) is 0 Å². The standard InChI is InChI=1S/C8H9F2N3/c1-12-13(5-11)8-3-2-6(9)4-7(8)10/h2-5,11-12H,1H3. The van der Waals surface area contributed by atoms with E-state index in [1.165, 1.54) is 13.1 Å². The second kappa shape index (κ2) is 3.95. The SMILES string of the molecule is CNN(C=N)c1ccc(F)cc1F. The molecule has 0 heterocycles. The Morgan fingerprint density at radius 1 is 1.46 bits per heavy atom. The maximum Gasteiger partial charge on any atom is 0.151 e. The lowest BCUT2D eigenvalue weighted by Gasteiger charge is -2.17. The maximum atomic E-state index is 13.0. The Balaban J connectivity index is 3.06. The van der Waals surface area contributed by atoms with E-state index < -0.39 is 11.6 Å². The molecule has 3 nitrogen and oxygen atoms in total. The summed E-state index contributed by atoms with van der Waals surface area (Å²) in [5.74, 6) is -1.35. The van der Waals surface area contributed by atoms with Crippen LogP contribution in [0.3, 0.4) is 0 Å². The number of rotatable bonds is 3. The molecule has 0 aliphatic rings.